The molecule has 3 rings (SSSR count). The Kier molecular flexibility index (Phi) is 5.47. The minimum atomic E-state index is -0.201. The number of ether oxygens (including phenoxy) is 1. The second-order valence-electron chi connectivity index (χ2n) is 5.92. The summed E-state index contributed by atoms with van der Waals surface area (Å²) in [5, 5.41) is 11.6. The van der Waals surface area contributed by atoms with Crippen molar-refractivity contribution in [3.05, 3.63) is 53.7 Å². The van der Waals surface area contributed by atoms with Crippen molar-refractivity contribution in [2.45, 2.75) is 19.4 Å². The average Bonchev–Trinajstić information content (AvgIpc) is 3.20. The lowest BCUT2D eigenvalue weighted by molar-refractivity contribution is -0.123. The van der Waals surface area contributed by atoms with Gasteiger partial charge in [0.2, 0.25) is 0 Å². The van der Waals surface area contributed by atoms with Gasteiger partial charge >= 0.3 is 0 Å². The molecule has 0 saturated carbocycles. The molecule has 0 atom stereocenters. The second-order valence-corrected chi connectivity index (χ2v) is 5.92. The zero-order valence-corrected chi connectivity index (χ0v) is 13.9. The van der Waals surface area contributed by atoms with E-state index in [1.807, 2.05) is 18.2 Å². The van der Waals surface area contributed by atoms with E-state index in [1.54, 1.807) is 30.5 Å². The number of nitriles is 1. The average molecular weight is 336 g/mol. The van der Waals surface area contributed by atoms with Gasteiger partial charge in [-0.2, -0.15) is 5.26 Å². The highest BCUT2D eigenvalue weighted by atomic mass is 16.5. The van der Waals surface area contributed by atoms with Crippen LogP contribution in [0.25, 0.3) is 0 Å². The van der Waals surface area contributed by atoms with Gasteiger partial charge in [0.1, 0.15) is 11.6 Å². The monoisotopic (exact) mass is 336 g/mol. The molecule has 6 heteroatoms. The molecule has 2 heterocycles. The summed E-state index contributed by atoms with van der Waals surface area (Å²) in [6.45, 7) is 2.49. The van der Waals surface area contributed by atoms with Gasteiger partial charge in [0, 0.05) is 25.8 Å². The normalized spacial score (nSPS) is 13.3. The number of rotatable bonds is 6. The molecule has 1 aromatic heterocycles. The van der Waals surface area contributed by atoms with Gasteiger partial charge in [-0.3, -0.25) is 4.79 Å². The van der Waals surface area contributed by atoms with Gasteiger partial charge in [0.25, 0.3) is 5.91 Å². The van der Waals surface area contributed by atoms with E-state index in [4.69, 9.17) is 10.00 Å². The van der Waals surface area contributed by atoms with Gasteiger partial charge in [0.05, 0.1) is 11.6 Å². The van der Waals surface area contributed by atoms with Crippen molar-refractivity contribution in [2.75, 3.05) is 24.6 Å². The molecule has 1 amide bonds. The topological polar surface area (TPSA) is 78.2 Å². The van der Waals surface area contributed by atoms with Crippen LogP contribution in [-0.4, -0.2) is 30.6 Å². The third kappa shape index (κ3) is 4.70. The van der Waals surface area contributed by atoms with E-state index in [0.29, 0.717) is 17.9 Å². The Labute approximate surface area is 147 Å². The van der Waals surface area contributed by atoms with Crippen LogP contribution in [0.5, 0.6) is 5.75 Å². The molecule has 0 bridgehead atoms. The minimum Gasteiger partial charge on any atom is -0.484 e. The Morgan fingerprint density at radius 2 is 1.96 bits per heavy atom. The molecule has 6 nitrogen and oxygen atoms in total. The highest BCUT2D eigenvalue weighted by molar-refractivity contribution is 5.77. The number of nitrogens with one attached hydrogen (secondary N) is 1. The molecule has 1 saturated heterocycles. The van der Waals surface area contributed by atoms with Crippen molar-refractivity contribution in [3.63, 3.8) is 0 Å². The highest BCUT2D eigenvalue weighted by Gasteiger charge is 2.13. The second kappa shape index (κ2) is 8.15. The molecular formula is C19H20N4O2. The molecule has 1 N–H and O–H groups in total. The fourth-order valence-electron chi connectivity index (χ4n) is 2.68. The van der Waals surface area contributed by atoms with E-state index in [1.165, 1.54) is 12.8 Å². The van der Waals surface area contributed by atoms with Gasteiger partial charge in [-0.05, 0) is 48.7 Å². The van der Waals surface area contributed by atoms with Crippen molar-refractivity contribution >= 4 is 11.7 Å². The summed E-state index contributed by atoms with van der Waals surface area (Å²) in [6, 6.07) is 12.7. The van der Waals surface area contributed by atoms with Crippen molar-refractivity contribution < 1.29 is 9.53 Å². The number of benzene rings is 1. The van der Waals surface area contributed by atoms with Crippen molar-refractivity contribution in [1.29, 1.82) is 5.26 Å². The third-order valence-electron chi connectivity index (χ3n) is 4.08. The number of hydrogen-bond donors (Lipinski definition) is 1. The Morgan fingerprint density at radius 3 is 2.60 bits per heavy atom. The molecule has 1 aromatic carbocycles. The van der Waals surface area contributed by atoms with E-state index in [0.717, 1.165) is 24.5 Å². The van der Waals surface area contributed by atoms with Crippen molar-refractivity contribution in [2.24, 2.45) is 0 Å². The van der Waals surface area contributed by atoms with Crippen molar-refractivity contribution in [1.82, 2.24) is 10.3 Å². The van der Waals surface area contributed by atoms with Gasteiger partial charge in [-0.1, -0.05) is 6.07 Å². The first-order chi connectivity index (χ1) is 12.2. The summed E-state index contributed by atoms with van der Waals surface area (Å²) >= 11 is 0. The number of nitrogens with zero attached hydrogens (tertiary/aromatic N) is 3. The molecule has 1 fully saturated rings. The predicted molar refractivity (Wildman–Crippen MR) is 94.2 cm³/mol. The van der Waals surface area contributed by atoms with Crippen LogP contribution in [0.15, 0.2) is 42.6 Å². The molecule has 128 valence electrons. The first-order valence-electron chi connectivity index (χ1n) is 8.34. The van der Waals surface area contributed by atoms with E-state index in [-0.39, 0.29) is 12.5 Å². The fourth-order valence-corrected chi connectivity index (χ4v) is 2.68. The summed E-state index contributed by atoms with van der Waals surface area (Å²) in [4.78, 5) is 18.6. The van der Waals surface area contributed by atoms with Crippen LogP contribution in [0, 0.1) is 11.3 Å². The lowest BCUT2D eigenvalue weighted by Gasteiger charge is -2.16. The van der Waals surface area contributed by atoms with Crippen LogP contribution in [0.4, 0.5) is 5.82 Å². The van der Waals surface area contributed by atoms with Gasteiger partial charge in [-0.15, -0.1) is 0 Å². The standard InChI is InChI=1S/C19H20N4O2/c20-11-15-3-6-17(7-4-15)25-14-19(24)22-13-16-5-8-18(21-12-16)23-9-1-2-10-23/h3-8,12H,1-2,9-10,13-14H2,(H,22,24). The Hall–Kier alpha value is -3.07. The smallest absolute Gasteiger partial charge is 0.258 e. The first-order valence-corrected chi connectivity index (χ1v) is 8.34. The van der Waals surface area contributed by atoms with Crippen LogP contribution < -0.4 is 15.0 Å². The summed E-state index contributed by atoms with van der Waals surface area (Å²) in [5.41, 5.74) is 1.51. The van der Waals surface area contributed by atoms with Gasteiger partial charge < -0.3 is 15.0 Å². The summed E-state index contributed by atoms with van der Waals surface area (Å²) in [7, 11) is 0. The maximum Gasteiger partial charge on any atom is 0.258 e. The maximum atomic E-state index is 11.9. The SMILES string of the molecule is N#Cc1ccc(OCC(=O)NCc2ccc(N3CCCC3)nc2)cc1. The number of amides is 1. The summed E-state index contributed by atoms with van der Waals surface area (Å²) < 4.78 is 5.40. The molecule has 0 unspecified atom stereocenters. The largest absolute Gasteiger partial charge is 0.484 e. The zero-order chi connectivity index (χ0) is 17.5. The molecule has 0 radical (unpaired) electrons. The third-order valence-corrected chi connectivity index (χ3v) is 4.08. The predicted octanol–water partition coefficient (Wildman–Crippen LogP) is 2.25. The molecule has 25 heavy (non-hydrogen) atoms. The maximum absolute atomic E-state index is 11.9. The molecule has 1 aliphatic heterocycles. The van der Waals surface area contributed by atoms with Crippen LogP contribution in [0.2, 0.25) is 0 Å². The summed E-state index contributed by atoms with van der Waals surface area (Å²) in [6.07, 6.45) is 4.24. The number of aromatic nitrogens is 1. The van der Waals surface area contributed by atoms with Gasteiger partial charge in [-0.25, -0.2) is 4.98 Å². The molecular weight excluding hydrogens is 316 g/mol. The lowest BCUT2D eigenvalue weighted by Crippen LogP contribution is -2.28. The number of pyridine rings is 1. The number of carbonyl (C=O) groups is 1. The number of anilines is 1. The van der Waals surface area contributed by atoms with Crippen LogP contribution in [0.1, 0.15) is 24.0 Å². The Balaban J connectivity index is 1.43. The molecule has 1 aliphatic rings. The quantitative estimate of drug-likeness (QED) is 0.875. The van der Waals surface area contributed by atoms with E-state index in [9.17, 15) is 4.79 Å². The van der Waals surface area contributed by atoms with E-state index >= 15 is 0 Å². The van der Waals surface area contributed by atoms with Crippen LogP contribution in [-0.2, 0) is 11.3 Å². The molecule has 0 aliphatic carbocycles. The van der Waals surface area contributed by atoms with E-state index in [2.05, 4.69) is 15.2 Å². The Morgan fingerprint density at radius 1 is 1.20 bits per heavy atom. The highest BCUT2D eigenvalue weighted by Crippen LogP contribution is 2.17. The van der Waals surface area contributed by atoms with E-state index < -0.39 is 0 Å². The first kappa shape index (κ1) is 16.8. The summed E-state index contributed by atoms with van der Waals surface area (Å²) in [5.74, 6) is 1.36. The van der Waals surface area contributed by atoms with Crippen LogP contribution >= 0.6 is 0 Å². The minimum absolute atomic E-state index is 0.0643. The van der Waals surface area contributed by atoms with Crippen molar-refractivity contribution in [3.8, 4) is 11.8 Å². The zero-order valence-electron chi connectivity index (χ0n) is 13.9. The fraction of sp³-hybridized carbons (Fsp3) is 0.316. The number of hydrogen-bond acceptors (Lipinski definition) is 5. The lowest BCUT2D eigenvalue weighted by atomic mass is 10.2. The van der Waals surface area contributed by atoms with Gasteiger partial charge in [0.15, 0.2) is 6.61 Å². The molecule has 0 spiro atoms. The molecule has 2 aromatic rings. The Bertz CT molecular complexity index is 744. The number of carbonyl (C=O) groups excluding carboxylic acids is 1. The van der Waals surface area contributed by atoms with Crippen LogP contribution in [0.3, 0.4) is 0 Å².